The number of carbonyl (C=O) groups is 1. The molecule has 0 bridgehead atoms. The van der Waals surface area contributed by atoms with Crippen LogP contribution in [-0.2, 0) is 10.0 Å². The summed E-state index contributed by atoms with van der Waals surface area (Å²) in [5.41, 5.74) is 0.553. The first-order chi connectivity index (χ1) is 9.79. The summed E-state index contributed by atoms with van der Waals surface area (Å²) in [5, 5.41) is 9.07. The lowest BCUT2D eigenvalue weighted by molar-refractivity contribution is 0.0696. The second-order valence-electron chi connectivity index (χ2n) is 5.55. The van der Waals surface area contributed by atoms with Gasteiger partial charge in [0.15, 0.2) is 0 Å². The molecule has 1 unspecified atom stereocenters. The van der Waals surface area contributed by atoms with Crippen LogP contribution in [0, 0.1) is 12.8 Å². The molecule has 7 heteroatoms. The maximum Gasteiger partial charge on any atom is 0.335 e. The minimum absolute atomic E-state index is 0.00292. The molecular weight excluding hydrogens is 292 g/mol. The van der Waals surface area contributed by atoms with E-state index in [1.165, 1.54) is 18.2 Å². The predicted octanol–water partition coefficient (Wildman–Crippen LogP) is 0.923. The van der Waals surface area contributed by atoms with Gasteiger partial charge in [-0.05, 0) is 50.6 Å². The van der Waals surface area contributed by atoms with Gasteiger partial charge in [0.2, 0.25) is 10.0 Å². The zero-order valence-electron chi connectivity index (χ0n) is 12.2. The van der Waals surface area contributed by atoms with Gasteiger partial charge in [-0.3, -0.25) is 0 Å². The van der Waals surface area contributed by atoms with Crippen LogP contribution in [0.3, 0.4) is 0 Å². The summed E-state index contributed by atoms with van der Waals surface area (Å²) < 4.78 is 27.1. The molecule has 1 saturated heterocycles. The fourth-order valence-electron chi connectivity index (χ4n) is 2.50. The summed E-state index contributed by atoms with van der Waals surface area (Å²) in [6.07, 6.45) is 0.966. The van der Waals surface area contributed by atoms with E-state index < -0.39 is 16.0 Å². The van der Waals surface area contributed by atoms with Crippen LogP contribution >= 0.6 is 0 Å². The van der Waals surface area contributed by atoms with Crippen molar-refractivity contribution in [2.24, 2.45) is 5.92 Å². The van der Waals surface area contributed by atoms with Gasteiger partial charge in [-0.15, -0.1) is 0 Å². The highest BCUT2D eigenvalue weighted by Gasteiger charge is 2.23. The molecule has 0 aliphatic carbocycles. The van der Waals surface area contributed by atoms with Gasteiger partial charge in [-0.2, -0.15) is 0 Å². The van der Waals surface area contributed by atoms with Gasteiger partial charge >= 0.3 is 5.97 Å². The number of benzene rings is 1. The molecule has 2 N–H and O–H groups in total. The SMILES string of the molecule is Cc1ccc(S(=O)(=O)NCC2CCN(C)C2)cc1C(=O)O. The summed E-state index contributed by atoms with van der Waals surface area (Å²) in [6.45, 7) is 3.86. The topological polar surface area (TPSA) is 86.7 Å². The Hall–Kier alpha value is -1.44. The van der Waals surface area contributed by atoms with Gasteiger partial charge in [0.25, 0.3) is 0 Å². The van der Waals surface area contributed by atoms with E-state index in [9.17, 15) is 13.2 Å². The number of nitrogens with one attached hydrogen (secondary N) is 1. The fraction of sp³-hybridized carbons (Fsp3) is 0.500. The number of nitrogens with zero attached hydrogens (tertiary/aromatic N) is 1. The molecule has 1 aromatic carbocycles. The summed E-state index contributed by atoms with van der Waals surface area (Å²) in [5.74, 6) is -0.823. The lowest BCUT2D eigenvalue weighted by atomic mass is 10.1. The van der Waals surface area contributed by atoms with E-state index in [-0.39, 0.29) is 10.5 Å². The van der Waals surface area contributed by atoms with Crippen molar-refractivity contribution in [2.45, 2.75) is 18.2 Å². The molecule has 0 spiro atoms. The lowest BCUT2D eigenvalue weighted by Gasteiger charge is -2.13. The number of aromatic carboxylic acids is 1. The monoisotopic (exact) mass is 312 g/mol. The summed E-state index contributed by atoms with van der Waals surface area (Å²) >= 11 is 0. The summed E-state index contributed by atoms with van der Waals surface area (Å²) in [7, 11) is -1.66. The van der Waals surface area contributed by atoms with Crippen LogP contribution in [0.15, 0.2) is 23.1 Å². The van der Waals surface area contributed by atoms with Crippen molar-refractivity contribution in [3.8, 4) is 0 Å². The second kappa shape index (κ2) is 6.13. The van der Waals surface area contributed by atoms with Gasteiger partial charge in [-0.25, -0.2) is 17.9 Å². The molecule has 21 heavy (non-hydrogen) atoms. The quantitative estimate of drug-likeness (QED) is 0.844. The van der Waals surface area contributed by atoms with Crippen molar-refractivity contribution >= 4 is 16.0 Å². The van der Waals surface area contributed by atoms with Gasteiger partial charge in [0.1, 0.15) is 0 Å². The van der Waals surface area contributed by atoms with Crippen LogP contribution in [-0.4, -0.2) is 51.1 Å². The zero-order valence-corrected chi connectivity index (χ0v) is 13.0. The third-order valence-corrected chi connectivity index (χ3v) is 5.22. The average molecular weight is 312 g/mol. The summed E-state index contributed by atoms with van der Waals surface area (Å²) in [6, 6.07) is 4.16. The van der Waals surface area contributed by atoms with Gasteiger partial charge < -0.3 is 10.0 Å². The standard InChI is InChI=1S/C14H20N2O4S/c1-10-3-4-12(7-13(10)14(17)18)21(19,20)15-8-11-5-6-16(2)9-11/h3-4,7,11,15H,5-6,8-9H2,1-2H3,(H,17,18). The largest absolute Gasteiger partial charge is 0.478 e. The number of carboxylic acid groups (broad SMARTS) is 1. The Morgan fingerprint density at radius 2 is 2.19 bits per heavy atom. The molecule has 1 aliphatic rings. The fourth-order valence-corrected chi connectivity index (χ4v) is 3.64. The number of carboxylic acids is 1. The smallest absolute Gasteiger partial charge is 0.335 e. The van der Waals surface area contributed by atoms with Crippen molar-refractivity contribution in [2.75, 3.05) is 26.7 Å². The van der Waals surface area contributed by atoms with E-state index in [2.05, 4.69) is 9.62 Å². The van der Waals surface area contributed by atoms with Crippen LogP contribution in [0.2, 0.25) is 0 Å². The molecule has 1 aliphatic heterocycles. The van der Waals surface area contributed by atoms with E-state index in [1.807, 2.05) is 7.05 Å². The molecule has 6 nitrogen and oxygen atoms in total. The van der Waals surface area contributed by atoms with Crippen LogP contribution in [0.4, 0.5) is 0 Å². The van der Waals surface area contributed by atoms with Gasteiger partial charge in [0.05, 0.1) is 10.5 Å². The molecule has 0 amide bonds. The number of rotatable bonds is 5. The normalized spacial score (nSPS) is 19.8. The first-order valence-electron chi connectivity index (χ1n) is 6.82. The van der Waals surface area contributed by atoms with Crippen LogP contribution in [0.1, 0.15) is 22.3 Å². The predicted molar refractivity (Wildman–Crippen MR) is 78.9 cm³/mol. The van der Waals surface area contributed by atoms with Crippen molar-refractivity contribution < 1.29 is 18.3 Å². The molecule has 1 atom stereocenters. The van der Waals surface area contributed by atoms with Crippen LogP contribution < -0.4 is 4.72 Å². The third-order valence-electron chi connectivity index (χ3n) is 3.80. The molecule has 2 rings (SSSR count). The molecule has 0 radical (unpaired) electrons. The second-order valence-corrected chi connectivity index (χ2v) is 7.32. The van der Waals surface area contributed by atoms with E-state index >= 15 is 0 Å². The first kappa shape index (κ1) is 15.9. The number of hydrogen-bond donors (Lipinski definition) is 2. The average Bonchev–Trinajstić information content (AvgIpc) is 2.82. The molecular formula is C14H20N2O4S. The maximum absolute atomic E-state index is 12.2. The zero-order chi connectivity index (χ0) is 15.6. The Morgan fingerprint density at radius 1 is 1.48 bits per heavy atom. The Balaban J connectivity index is 2.12. The molecule has 116 valence electrons. The maximum atomic E-state index is 12.2. The molecule has 0 saturated carbocycles. The van der Waals surface area contributed by atoms with Crippen LogP contribution in [0.5, 0.6) is 0 Å². The minimum atomic E-state index is -3.67. The van der Waals surface area contributed by atoms with Gasteiger partial charge in [0, 0.05) is 13.1 Å². The highest BCUT2D eigenvalue weighted by molar-refractivity contribution is 7.89. The minimum Gasteiger partial charge on any atom is -0.478 e. The van der Waals surface area contributed by atoms with E-state index in [0.29, 0.717) is 18.0 Å². The van der Waals surface area contributed by atoms with Crippen molar-refractivity contribution in [3.05, 3.63) is 29.3 Å². The van der Waals surface area contributed by atoms with Crippen molar-refractivity contribution in [1.29, 1.82) is 0 Å². The third kappa shape index (κ3) is 3.81. The number of sulfonamides is 1. The number of aryl methyl sites for hydroxylation is 1. The number of likely N-dealkylation sites (tertiary alicyclic amines) is 1. The van der Waals surface area contributed by atoms with E-state index in [1.54, 1.807) is 6.92 Å². The first-order valence-corrected chi connectivity index (χ1v) is 8.30. The van der Waals surface area contributed by atoms with Crippen LogP contribution in [0.25, 0.3) is 0 Å². The van der Waals surface area contributed by atoms with Crippen molar-refractivity contribution in [3.63, 3.8) is 0 Å². The van der Waals surface area contributed by atoms with Crippen molar-refractivity contribution in [1.82, 2.24) is 9.62 Å². The van der Waals surface area contributed by atoms with E-state index in [0.717, 1.165) is 19.5 Å². The Kier molecular flexibility index (Phi) is 4.65. The van der Waals surface area contributed by atoms with Gasteiger partial charge in [-0.1, -0.05) is 6.07 Å². The number of hydrogen-bond acceptors (Lipinski definition) is 4. The highest BCUT2D eigenvalue weighted by Crippen LogP contribution is 2.17. The molecule has 0 aromatic heterocycles. The Bertz CT molecular complexity index is 642. The summed E-state index contributed by atoms with van der Waals surface area (Å²) in [4.78, 5) is 13.2. The Morgan fingerprint density at radius 3 is 2.76 bits per heavy atom. The highest BCUT2D eigenvalue weighted by atomic mass is 32.2. The van der Waals surface area contributed by atoms with E-state index in [4.69, 9.17) is 5.11 Å². The lowest BCUT2D eigenvalue weighted by Crippen LogP contribution is -2.30. The molecule has 1 fully saturated rings. The Labute approximate surface area is 124 Å². The molecule has 1 aromatic rings. The molecule has 1 heterocycles.